The summed E-state index contributed by atoms with van der Waals surface area (Å²) in [6.45, 7) is 1.73. The predicted molar refractivity (Wildman–Crippen MR) is 88.3 cm³/mol. The van der Waals surface area contributed by atoms with Crippen LogP contribution < -0.4 is 0 Å². The Hall–Kier alpha value is -2.53. The number of aromatic amines is 1. The Morgan fingerprint density at radius 2 is 2.22 bits per heavy atom. The van der Waals surface area contributed by atoms with Gasteiger partial charge in [-0.15, -0.1) is 0 Å². The zero-order valence-corrected chi connectivity index (χ0v) is 13.0. The molecule has 2 aromatic heterocycles. The molecule has 5 nitrogen and oxygen atoms in total. The van der Waals surface area contributed by atoms with Crippen molar-refractivity contribution in [2.24, 2.45) is 7.05 Å². The Kier molecular flexibility index (Phi) is 3.42. The monoisotopic (exact) mass is 309 g/mol. The third kappa shape index (κ3) is 2.43. The van der Waals surface area contributed by atoms with E-state index >= 15 is 0 Å². The third-order valence-corrected chi connectivity index (χ3v) is 4.51. The molecule has 0 aliphatic carbocycles. The highest BCUT2D eigenvalue weighted by Gasteiger charge is 2.30. The molecule has 3 heterocycles. The summed E-state index contributed by atoms with van der Waals surface area (Å²) in [7, 11) is 2.00. The molecule has 0 saturated carbocycles. The number of fused-ring (bicyclic) bond motifs is 1. The van der Waals surface area contributed by atoms with Gasteiger partial charge in [-0.3, -0.25) is 4.79 Å². The maximum Gasteiger partial charge on any atom is 0.254 e. The maximum atomic E-state index is 13.0. The van der Waals surface area contributed by atoms with E-state index in [1.807, 2.05) is 54.7 Å². The molecule has 5 heteroatoms. The lowest BCUT2D eigenvalue weighted by Crippen LogP contribution is -2.44. The van der Waals surface area contributed by atoms with Gasteiger partial charge in [-0.1, -0.05) is 0 Å². The molecule has 1 aliphatic heterocycles. The smallest absolute Gasteiger partial charge is 0.254 e. The Morgan fingerprint density at radius 1 is 1.30 bits per heavy atom. The van der Waals surface area contributed by atoms with Crippen molar-refractivity contribution in [1.82, 2.24) is 14.5 Å². The van der Waals surface area contributed by atoms with E-state index < -0.39 is 0 Å². The molecule has 1 amide bonds. The number of hydrogen-bond donors (Lipinski definition) is 1. The second-order valence-corrected chi connectivity index (χ2v) is 5.91. The molecular formula is C18H19N3O2. The van der Waals surface area contributed by atoms with Crippen molar-refractivity contribution in [3.63, 3.8) is 0 Å². The first-order valence-corrected chi connectivity index (χ1v) is 7.81. The zero-order valence-electron chi connectivity index (χ0n) is 13.0. The number of carbonyl (C=O) groups is 1. The van der Waals surface area contributed by atoms with Crippen LogP contribution in [0.25, 0.3) is 10.9 Å². The standard InChI is InChI=1S/C18H19N3O2/c1-20-8-2-3-16(20)17-12-23-10-9-21(17)18(22)14-4-5-15-13(11-14)6-7-19-15/h2-8,11,17,19H,9-10,12H2,1H3. The van der Waals surface area contributed by atoms with Gasteiger partial charge in [0.05, 0.1) is 19.3 Å². The van der Waals surface area contributed by atoms with Crippen molar-refractivity contribution in [2.45, 2.75) is 6.04 Å². The first-order valence-electron chi connectivity index (χ1n) is 7.81. The zero-order chi connectivity index (χ0) is 15.8. The number of rotatable bonds is 2. The van der Waals surface area contributed by atoms with Crippen LogP contribution in [0.1, 0.15) is 22.1 Å². The molecule has 1 aromatic carbocycles. The van der Waals surface area contributed by atoms with E-state index in [-0.39, 0.29) is 11.9 Å². The fourth-order valence-electron chi connectivity index (χ4n) is 3.26. The Labute approximate surface area is 134 Å². The number of aromatic nitrogens is 2. The minimum atomic E-state index is -0.0434. The molecule has 0 radical (unpaired) electrons. The lowest BCUT2D eigenvalue weighted by Gasteiger charge is -2.36. The molecule has 23 heavy (non-hydrogen) atoms. The lowest BCUT2D eigenvalue weighted by molar-refractivity contribution is -0.00462. The number of nitrogens with zero attached hydrogens (tertiary/aromatic N) is 2. The molecule has 1 atom stereocenters. The summed E-state index contributed by atoms with van der Waals surface area (Å²) < 4.78 is 7.67. The third-order valence-electron chi connectivity index (χ3n) is 4.51. The second kappa shape index (κ2) is 5.59. The van der Waals surface area contributed by atoms with Crippen LogP contribution in [0.4, 0.5) is 0 Å². The number of benzene rings is 1. The molecule has 118 valence electrons. The Balaban J connectivity index is 1.68. The van der Waals surface area contributed by atoms with Crippen LogP contribution in [-0.2, 0) is 11.8 Å². The molecule has 1 N–H and O–H groups in total. The summed E-state index contributed by atoms with van der Waals surface area (Å²) in [6.07, 6.45) is 3.89. The number of aryl methyl sites for hydroxylation is 1. The molecule has 1 fully saturated rings. The summed E-state index contributed by atoms with van der Waals surface area (Å²) in [5.41, 5.74) is 2.86. The van der Waals surface area contributed by atoms with Crippen molar-refractivity contribution in [3.05, 3.63) is 60.0 Å². The minimum absolute atomic E-state index is 0.0434. The van der Waals surface area contributed by atoms with Gasteiger partial charge in [0.2, 0.25) is 0 Å². The average molecular weight is 309 g/mol. The van der Waals surface area contributed by atoms with Crippen LogP contribution in [0, 0.1) is 0 Å². The van der Waals surface area contributed by atoms with Gasteiger partial charge < -0.3 is 19.2 Å². The molecule has 1 saturated heterocycles. The van der Waals surface area contributed by atoms with E-state index in [0.717, 1.165) is 22.2 Å². The summed E-state index contributed by atoms with van der Waals surface area (Å²) in [6, 6.07) is 11.8. The van der Waals surface area contributed by atoms with Crippen molar-refractivity contribution >= 4 is 16.8 Å². The van der Waals surface area contributed by atoms with Crippen LogP contribution in [0.5, 0.6) is 0 Å². The molecular weight excluding hydrogens is 290 g/mol. The largest absolute Gasteiger partial charge is 0.377 e. The molecule has 1 aliphatic rings. The van der Waals surface area contributed by atoms with Crippen LogP contribution in [0.2, 0.25) is 0 Å². The summed E-state index contributed by atoms with van der Waals surface area (Å²) in [5, 5.41) is 1.06. The summed E-state index contributed by atoms with van der Waals surface area (Å²) >= 11 is 0. The van der Waals surface area contributed by atoms with Gasteiger partial charge in [0, 0.05) is 48.1 Å². The number of amides is 1. The highest BCUT2D eigenvalue weighted by Crippen LogP contribution is 2.27. The number of H-pyrrole nitrogens is 1. The van der Waals surface area contributed by atoms with Crippen molar-refractivity contribution in [3.8, 4) is 0 Å². The van der Waals surface area contributed by atoms with Gasteiger partial charge in [0.15, 0.2) is 0 Å². The topological polar surface area (TPSA) is 50.3 Å². The first kappa shape index (κ1) is 14.1. The van der Waals surface area contributed by atoms with E-state index in [1.165, 1.54) is 0 Å². The quantitative estimate of drug-likeness (QED) is 0.791. The van der Waals surface area contributed by atoms with Crippen LogP contribution in [0.3, 0.4) is 0 Å². The number of carbonyl (C=O) groups excluding carboxylic acids is 1. The highest BCUT2D eigenvalue weighted by atomic mass is 16.5. The fourth-order valence-corrected chi connectivity index (χ4v) is 3.26. The number of nitrogens with one attached hydrogen (secondary N) is 1. The van der Waals surface area contributed by atoms with Gasteiger partial charge >= 0.3 is 0 Å². The molecule has 1 unspecified atom stereocenters. The summed E-state index contributed by atoms with van der Waals surface area (Å²) in [4.78, 5) is 18.1. The second-order valence-electron chi connectivity index (χ2n) is 5.91. The number of morpholine rings is 1. The van der Waals surface area contributed by atoms with Gasteiger partial charge in [-0.25, -0.2) is 0 Å². The Bertz CT molecular complexity index is 849. The van der Waals surface area contributed by atoms with Gasteiger partial charge in [0.1, 0.15) is 0 Å². The molecule has 4 rings (SSSR count). The van der Waals surface area contributed by atoms with Gasteiger partial charge in [-0.2, -0.15) is 0 Å². The normalized spacial score (nSPS) is 18.5. The highest BCUT2D eigenvalue weighted by molar-refractivity contribution is 5.98. The van der Waals surface area contributed by atoms with E-state index in [0.29, 0.717) is 19.8 Å². The molecule has 3 aromatic rings. The summed E-state index contributed by atoms with van der Waals surface area (Å²) in [5.74, 6) is 0.0580. The predicted octanol–water partition coefficient (Wildman–Crippen LogP) is 2.72. The van der Waals surface area contributed by atoms with E-state index in [9.17, 15) is 4.79 Å². The van der Waals surface area contributed by atoms with Gasteiger partial charge in [-0.05, 0) is 36.4 Å². The Morgan fingerprint density at radius 3 is 3.04 bits per heavy atom. The van der Waals surface area contributed by atoms with Crippen LogP contribution in [-0.4, -0.2) is 40.1 Å². The first-order chi connectivity index (χ1) is 11.2. The van der Waals surface area contributed by atoms with Crippen molar-refractivity contribution in [2.75, 3.05) is 19.8 Å². The van der Waals surface area contributed by atoms with E-state index in [2.05, 4.69) is 15.6 Å². The SMILES string of the molecule is Cn1cccc1C1COCCN1C(=O)c1ccc2[nH]ccc2c1. The van der Waals surface area contributed by atoms with E-state index in [4.69, 9.17) is 4.74 Å². The molecule has 0 spiro atoms. The number of hydrogen-bond acceptors (Lipinski definition) is 2. The maximum absolute atomic E-state index is 13.0. The van der Waals surface area contributed by atoms with Crippen molar-refractivity contribution < 1.29 is 9.53 Å². The fraction of sp³-hybridized carbons (Fsp3) is 0.278. The van der Waals surface area contributed by atoms with E-state index in [1.54, 1.807) is 0 Å². The van der Waals surface area contributed by atoms with Gasteiger partial charge in [0.25, 0.3) is 5.91 Å². The van der Waals surface area contributed by atoms with Crippen molar-refractivity contribution in [1.29, 1.82) is 0 Å². The van der Waals surface area contributed by atoms with Crippen LogP contribution in [0.15, 0.2) is 48.8 Å². The van der Waals surface area contributed by atoms with Crippen LogP contribution >= 0.6 is 0 Å². The minimum Gasteiger partial charge on any atom is -0.377 e. The average Bonchev–Trinajstić information content (AvgIpc) is 3.22. The lowest BCUT2D eigenvalue weighted by atomic mass is 10.1. The molecule has 0 bridgehead atoms. The number of ether oxygens (including phenoxy) is 1.